The molecule has 1 unspecified atom stereocenters. The lowest BCUT2D eigenvalue weighted by Crippen LogP contribution is -2.45. The second-order valence-electron chi connectivity index (χ2n) is 9.34. The fourth-order valence-corrected chi connectivity index (χ4v) is 5.90. The molecule has 3 saturated carbocycles. The van der Waals surface area contributed by atoms with Gasteiger partial charge < -0.3 is 0 Å². The summed E-state index contributed by atoms with van der Waals surface area (Å²) < 4.78 is 43.0. The van der Waals surface area contributed by atoms with Crippen LogP contribution in [0.3, 0.4) is 0 Å². The molecule has 3 fully saturated rings. The van der Waals surface area contributed by atoms with Crippen LogP contribution in [-0.2, 0) is 11.3 Å². The van der Waals surface area contributed by atoms with E-state index in [0.29, 0.717) is 30.9 Å². The highest BCUT2D eigenvalue weighted by Crippen LogP contribution is 2.63. The van der Waals surface area contributed by atoms with Crippen molar-refractivity contribution in [2.45, 2.75) is 38.3 Å². The van der Waals surface area contributed by atoms with Crippen LogP contribution in [0.5, 0.6) is 0 Å². The Hall–Kier alpha value is -3.16. The molecule has 2 bridgehead atoms. The Kier molecular flexibility index (Phi) is 4.22. The van der Waals surface area contributed by atoms with Gasteiger partial charge in [-0.05, 0) is 67.0 Å². The molecule has 0 N–H and O–H groups in total. The normalized spacial score (nSPS) is 28.5. The number of carbonyl (C=O) groups excluding carboxylic acids is 1. The molecule has 2 atom stereocenters. The summed E-state index contributed by atoms with van der Waals surface area (Å²) >= 11 is 0. The number of nitrogens with zero attached hydrogens (tertiary/aromatic N) is 4. The monoisotopic (exact) mass is 438 g/mol. The summed E-state index contributed by atoms with van der Waals surface area (Å²) in [5, 5.41) is 11.0. The average Bonchev–Trinajstić information content (AvgIpc) is 3.49. The van der Waals surface area contributed by atoms with Gasteiger partial charge in [0.15, 0.2) is 0 Å². The second-order valence-corrected chi connectivity index (χ2v) is 9.34. The molecular formula is C24H21F3N4O. The molecule has 3 aromatic rings. The van der Waals surface area contributed by atoms with Crippen LogP contribution in [0.15, 0.2) is 47.7 Å². The van der Waals surface area contributed by atoms with E-state index in [4.69, 9.17) is 0 Å². The molecule has 2 aromatic carbocycles. The Balaban J connectivity index is 1.21. The van der Waals surface area contributed by atoms with Gasteiger partial charge in [-0.1, -0.05) is 0 Å². The maximum absolute atomic E-state index is 13.7. The van der Waals surface area contributed by atoms with E-state index in [1.54, 1.807) is 18.5 Å². The quantitative estimate of drug-likeness (QED) is 0.586. The van der Waals surface area contributed by atoms with E-state index in [9.17, 15) is 18.0 Å². The van der Waals surface area contributed by atoms with Crippen molar-refractivity contribution in [3.8, 4) is 0 Å². The number of hydrogen-bond donors (Lipinski definition) is 0. The Bertz CT molecular complexity index is 1240. The van der Waals surface area contributed by atoms with Crippen LogP contribution in [0.1, 0.15) is 37.3 Å². The van der Waals surface area contributed by atoms with Crippen LogP contribution in [0.4, 0.5) is 13.2 Å². The fraction of sp³-hybridized carbons (Fsp3) is 0.375. The number of aromatic nitrogens is 2. The van der Waals surface area contributed by atoms with E-state index in [1.807, 2.05) is 4.68 Å². The van der Waals surface area contributed by atoms with Crippen LogP contribution < -0.4 is 0 Å². The van der Waals surface area contributed by atoms with Gasteiger partial charge in [-0.2, -0.15) is 10.2 Å². The third kappa shape index (κ3) is 2.96. The summed E-state index contributed by atoms with van der Waals surface area (Å²) in [5.74, 6) is -1.02. The highest BCUT2D eigenvalue weighted by molar-refractivity contribution is 5.87. The van der Waals surface area contributed by atoms with E-state index >= 15 is 0 Å². The largest absolute Gasteiger partial charge is 0.272 e. The van der Waals surface area contributed by atoms with Crippen molar-refractivity contribution in [3.63, 3.8) is 0 Å². The maximum Gasteiger partial charge on any atom is 0.249 e. The van der Waals surface area contributed by atoms with Crippen molar-refractivity contribution < 1.29 is 18.0 Å². The standard InChI is InChI=1S/C24H21F3N4O/c25-18-2-1-14-12-29-30(22(14)8-18)13-17-11-24(9-16(17)10-24)23(32)31-21(3-4-28-31)15-5-19(26)7-20(27)6-15/h1-2,4-8,12,16-17,21H,3,9-11,13H2/t16?,17-,21?,24?/m0/s1. The summed E-state index contributed by atoms with van der Waals surface area (Å²) in [4.78, 5) is 13.5. The van der Waals surface area contributed by atoms with Crippen LogP contribution in [0.25, 0.3) is 10.9 Å². The highest BCUT2D eigenvalue weighted by Gasteiger charge is 2.61. The summed E-state index contributed by atoms with van der Waals surface area (Å²) in [5.41, 5.74) is 0.682. The van der Waals surface area contributed by atoms with Gasteiger partial charge in [0.25, 0.3) is 0 Å². The van der Waals surface area contributed by atoms with Crippen LogP contribution in [-0.4, -0.2) is 26.9 Å². The lowest BCUT2D eigenvalue weighted by atomic mass is 9.68. The van der Waals surface area contributed by atoms with Crippen molar-refractivity contribution in [2.24, 2.45) is 22.4 Å². The minimum absolute atomic E-state index is 0.0731. The third-order valence-electron chi connectivity index (χ3n) is 7.40. The smallest absolute Gasteiger partial charge is 0.249 e. The van der Waals surface area contributed by atoms with Gasteiger partial charge in [-0.3, -0.25) is 9.48 Å². The van der Waals surface area contributed by atoms with Crippen molar-refractivity contribution in [1.29, 1.82) is 0 Å². The molecular weight excluding hydrogens is 417 g/mol. The minimum atomic E-state index is -0.662. The van der Waals surface area contributed by atoms with Gasteiger partial charge in [0, 0.05) is 30.6 Å². The summed E-state index contributed by atoms with van der Waals surface area (Å²) in [6.45, 7) is 0.633. The molecule has 4 aliphatic rings. The van der Waals surface area contributed by atoms with E-state index in [0.717, 1.165) is 29.8 Å². The first-order chi connectivity index (χ1) is 15.4. The van der Waals surface area contributed by atoms with E-state index < -0.39 is 23.1 Å². The summed E-state index contributed by atoms with van der Waals surface area (Å²) in [6, 6.07) is 7.50. The van der Waals surface area contributed by atoms with E-state index in [-0.39, 0.29) is 17.6 Å². The van der Waals surface area contributed by atoms with Crippen molar-refractivity contribution in [2.75, 3.05) is 0 Å². The van der Waals surface area contributed by atoms with E-state index in [2.05, 4.69) is 10.2 Å². The van der Waals surface area contributed by atoms with Gasteiger partial charge in [0.2, 0.25) is 5.91 Å². The number of amides is 1. The van der Waals surface area contributed by atoms with Crippen molar-refractivity contribution in [3.05, 3.63) is 65.6 Å². The predicted molar refractivity (Wildman–Crippen MR) is 112 cm³/mol. The van der Waals surface area contributed by atoms with Crippen LogP contribution >= 0.6 is 0 Å². The molecule has 3 aliphatic carbocycles. The zero-order valence-corrected chi connectivity index (χ0v) is 17.2. The average molecular weight is 438 g/mol. The maximum atomic E-state index is 13.7. The topological polar surface area (TPSA) is 50.5 Å². The molecule has 1 aromatic heterocycles. The predicted octanol–water partition coefficient (Wildman–Crippen LogP) is 4.83. The number of halogens is 3. The van der Waals surface area contributed by atoms with Gasteiger partial charge >= 0.3 is 0 Å². The first-order valence-electron chi connectivity index (χ1n) is 10.9. The Morgan fingerprint density at radius 3 is 2.59 bits per heavy atom. The second kappa shape index (κ2) is 6.92. The molecule has 1 aliphatic heterocycles. The third-order valence-corrected chi connectivity index (χ3v) is 7.40. The Morgan fingerprint density at radius 2 is 1.81 bits per heavy atom. The van der Waals surface area contributed by atoms with Crippen molar-refractivity contribution >= 4 is 23.0 Å². The molecule has 0 spiro atoms. The molecule has 8 heteroatoms. The molecule has 0 saturated heterocycles. The van der Waals surface area contributed by atoms with Crippen LogP contribution in [0, 0.1) is 34.7 Å². The molecule has 0 radical (unpaired) electrons. The molecule has 5 nitrogen and oxygen atoms in total. The molecule has 2 heterocycles. The van der Waals surface area contributed by atoms with Gasteiger partial charge in [-0.25, -0.2) is 18.2 Å². The van der Waals surface area contributed by atoms with E-state index in [1.165, 1.54) is 29.3 Å². The minimum Gasteiger partial charge on any atom is -0.272 e. The summed E-state index contributed by atoms with van der Waals surface area (Å²) in [7, 11) is 0. The molecule has 1 amide bonds. The summed E-state index contributed by atoms with van der Waals surface area (Å²) in [6.07, 6.45) is 6.07. The number of hydrazone groups is 1. The van der Waals surface area contributed by atoms with Crippen LogP contribution in [0.2, 0.25) is 0 Å². The Labute approximate surface area is 182 Å². The molecule has 7 rings (SSSR count). The number of carbonyl (C=O) groups is 1. The fourth-order valence-electron chi connectivity index (χ4n) is 5.90. The SMILES string of the molecule is O=C(N1N=CCC1c1cc(F)cc(F)c1)C12CC(C1)[C@H](Cn1ncc3ccc(F)cc31)C2. The van der Waals surface area contributed by atoms with Crippen molar-refractivity contribution in [1.82, 2.24) is 14.8 Å². The molecule has 32 heavy (non-hydrogen) atoms. The number of rotatable bonds is 4. The first-order valence-corrected chi connectivity index (χ1v) is 10.9. The van der Waals surface area contributed by atoms with Gasteiger partial charge in [0.1, 0.15) is 17.5 Å². The lowest BCUT2D eigenvalue weighted by Gasteiger charge is -2.40. The van der Waals surface area contributed by atoms with Gasteiger partial charge in [-0.15, -0.1) is 0 Å². The van der Waals surface area contributed by atoms with Gasteiger partial charge in [0.05, 0.1) is 23.2 Å². The Morgan fingerprint density at radius 1 is 1.03 bits per heavy atom. The zero-order chi connectivity index (χ0) is 22.0. The number of fused-ring (bicyclic) bond motifs is 2. The first kappa shape index (κ1) is 19.5. The number of hydrogen-bond acceptors (Lipinski definition) is 3. The molecule has 164 valence electrons. The highest BCUT2D eigenvalue weighted by atomic mass is 19.1. The zero-order valence-electron chi connectivity index (χ0n) is 17.2. The number of benzene rings is 2. The lowest BCUT2D eigenvalue weighted by molar-refractivity contribution is -0.148.